The number of rotatable bonds is 5. The summed E-state index contributed by atoms with van der Waals surface area (Å²) in [5.74, 6) is 2.16. The van der Waals surface area contributed by atoms with Gasteiger partial charge in [-0.1, -0.05) is 5.92 Å². The maximum Gasteiger partial charge on any atom is 0.161 e. The first-order valence-corrected chi connectivity index (χ1v) is 3.43. The van der Waals surface area contributed by atoms with Gasteiger partial charge in [-0.3, -0.25) is 4.79 Å². The number of carbonyl (C=O) groups is 1. The second-order valence-electron chi connectivity index (χ2n) is 2.24. The van der Waals surface area contributed by atoms with Gasteiger partial charge in [0.2, 0.25) is 0 Å². The highest BCUT2D eigenvalue weighted by atomic mass is 16.5. The van der Waals surface area contributed by atoms with Crippen molar-refractivity contribution >= 4 is 5.78 Å². The van der Waals surface area contributed by atoms with Gasteiger partial charge in [0.15, 0.2) is 5.78 Å². The van der Waals surface area contributed by atoms with Crippen molar-refractivity contribution in [3.05, 3.63) is 0 Å². The maximum absolute atomic E-state index is 10.9. The molecule has 0 aliphatic rings. The van der Waals surface area contributed by atoms with Gasteiger partial charge in [-0.2, -0.15) is 0 Å². The Labute approximate surface area is 66.9 Å². The van der Waals surface area contributed by atoms with Crippen LogP contribution in [0.5, 0.6) is 0 Å². The molecule has 0 aromatic rings. The van der Waals surface area contributed by atoms with Crippen LogP contribution in [0.3, 0.4) is 0 Å². The molecular formula is C8H13NO2. The zero-order chi connectivity index (χ0) is 8.69. The third-order valence-corrected chi connectivity index (χ3v) is 1.32. The number of Topliss-reactive ketones (excluding diaryl/α,β-unsaturated/α-hetero) is 1. The van der Waals surface area contributed by atoms with Gasteiger partial charge in [-0.05, 0) is 6.42 Å². The molecular weight excluding hydrogens is 142 g/mol. The highest BCUT2D eigenvalue weighted by molar-refractivity contribution is 5.85. The molecule has 0 aromatic carbocycles. The summed E-state index contributed by atoms with van der Waals surface area (Å²) in [5.41, 5.74) is 5.46. The Morgan fingerprint density at radius 2 is 2.45 bits per heavy atom. The molecule has 0 saturated heterocycles. The van der Waals surface area contributed by atoms with Gasteiger partial charge in [0.25, 0.3) is 0 Å². The van der Waals surface area contributed by atoms with E-state index in [9.17, 15) is 4.79 Å². The van der Waals surface area contributed by atoms with Crippen molar-refractivity contribution in [3.8, 4) is 12.3 Å². The lowest BCUT2D eigenvalue weighted by Gasteiger charge is -2.06. The fourth-order valence-electron chi connectivity index (χ4n) is 0.637. The molecule has 0 amide bonds. The fraction of sp³-hybridized carbons (Fsp3) is 0.625. The molecule has 0 fully saturated rings. The molecule has 0 heterocycles. The number of ether oxygens (including phenoxy) is 1. The van der Waals surface area contributed by atoms with Crippen LogP contribution in [0.25, 0.3) is 0 Å². The van der Waals surface area contributed by atoms with Crippen LogP contribution in [0.15, 0.2) is 0 Å². The van der Waals surface area contributed by atoms with Gasteiger partial charge >= 0.3 is 0 Å². The molecule has 2 N–H and O–H groups in total. The summed E-state index contributed by atoms with van der Waals surface area (Å²) in [6.45, 7) is 0.497. The zero-order valence-electron chi connectivity index (χ0n) is 6.67. The van der Waals surface area contributed by atoms with Crippen molar-refractivity contribution in [2.45, 2.75) is 18.9 Å². The molecule has 0 aliphatic heterocycles. The molecule has 1 atom stereocenters. The summed E-state index contributed by atoms with van der Waals surface area (Å²) < 4.78 is 4.76. The van der Waals surface area contributed by atoms with Crippen LogP contribution in [-0.2, 0) is 9.53 Å². The van der Waals surface area contributed by atoms with E-state index >= 15 is 0 Å². The average molecular weight is 155 g/mol. The molecule has 11 heavy (non-hydrogen) atoms. The smallest absolute Gasteiger partial charge is 0.161 e. The van der Waals surface area contributed by atoms with Gasteiger partial charge in [-0.25, -0.2) is 0 Å². The lowest BCUT2D eigenvalue weighted by atomic mass is 10.1. The van der Waals surface area contributed by atoms with E-state index in [4.69, 9.17) is 16.9 Å². The predicted octanol–water partition coefficient (Wildman–Crippen LogP) is -0.0574. The lowest BCUT2D eigenvalue weighted by Crippen LogP contribution is -2.31. The van der Waals surface area contributed by atoms with Gasteiger partial charge in [0.05, 0.1) is 12.5 Å². The molecule has 3 heteroatoms. The molecule has 0 aromatic heterocycles. The minimum atomic E-state index is -0.467. The topological polar surface area (TPSA) is 52.3 Å². The lowest BCUT2D eigenvalue weighted by molar-refractivity contribution is -0.119. The van der Waals surface area contributed by atoms with Crippen LogP contribution < -0.4 is 5.73 Å². The maximum atomic E-state index is 10.9. The Morgan fingerprint density at radius 3 is 2.91 bits per heavy atom. The van der Waals surface area contributed by atoms with Crippen LogP contribution in [0.2, 0.25) is 0 Å². The minimum absolute atomic E-state index is 0.0930. The molecule has 0 radical (unpaired) electrons. The summed E-state index contributed by atoms with van der Waals surface area (Å²) in [6.07, 6.45) is 5.59. The average Bonchev–Trinajstić information content (AvgIpc) is 2.00. The first-order valence-electron chi connectivity index (χ1n) is 3.43. The van der Waals surface area contributed by atoms with Crippen molar-refractivity contribution in [3.63, 3.8) is 0 Å². The van der Waals surface area contributed by atoms with Gasteiger partial charge in [0, 0.05) is 13.7 Å². The Bertz CT molecular complexity index is 160. The minimum Gasteiger partial charge on any atom is -0.385 e. The van der Waals surface area contributed by atoms with Crippen molar-refractivity contribution in [2.24, 2.45) is 5.73 Å². The number of carbonyl (C=O) groups excluding carboxylic acids is 1. The molecule has 1 unspecified atom stereocenters. The molecule has 0 bridgehead atoms. The largest absolute Gasteiger partial charge is 0.385 e. The van der Waals surface area contributed by atoms with Gasteiger partial charge in [0.1, 0.15) is 0 Å². The fourth-order valence-corrected chi connectivity index (χ4v) is 0.637. The molecule has 62 valence electrons. The van der Waals surface area contributed by atoms with Gasteiger partial charge < -0.3 is 10.5 Å². The first-order chi connectivity index (χ1) is 5.22. The number of nitrogens with two attached hydrogens (primary N) is 1. The molecule has 0 aliphatic carbocycles. The first kappa shape index (κ1) is 10.2. The van der Waals surface area contributed by atoms with E-state index in [0.717, 1.165) is 0 Å². The Kier molecular flexibility index (Phi) is 5.44. The SMILES string of the molecule is C#CCC(=O)C(N)CCOC. The van der Waals surface area contributed by atoms with Crippen LogP contribution >= 0.6 is 0 Å². The summed E-state index contributed by atoms with van der Waals surface area (Å²) in [5, 5.41) is 0. The summed E-state index contributed by atoms with van der Waals surface area (Å²) in [7, 11) is 1.57. The summed E-state index contributed by atoms with van der Waals surface area (Å²) in [4.78, 5) is 10.9. The highest BCUT2D eigenvalue weighted by Crippen LogP contribution is 1.93. The predicted molar refractivity (Wildman–Crippen MR) is 42.9 cm³/mol. The van der Waals surface area contributed by atoms with E-state index in [0.29, 0.717) is 13.0 Å². The van der Waals surface area contributed by atoms with Crippen molar-refractivity contribution in [2.75, 3.05) is 13.7 Å². The number of hydrogen-bond donors (Lipinski definition) is 1. The summed E-state index contributed by atoms with van der Waals surface area (Å²) in [6, 6.07) is -0.467. The van der Waals surface area contributed by atoms with Gasteiger partial charge in [-0.15, -0.1) is 6.42 Å². The molecule has 0 saturated carbocycles. The molecule has 0 rings (SSSR count). The number of hydrogen-bond acceptors (Lipinski definition) is 3. The van der Waals surface area contributed by atoms with Crippen LogP contribution in [0.4, 0.5) is 0 Å². The van der Waals surface area contributed by atoms with E-state index in [1.54, 1.807) is 7.11 Å². The van der Waals surface area contributed by atoms with E-state index in [1.807, 2.05) is 0 Å². The van der Waals surface area contributed by atoms with Crippen molar-refractivity contribution < 1.29 is 9.53 Å². The highest BCUT2D eigenvalue weighted by Gasteiger charge is 2.10. The summed E-state index contributed by atoms with van der Waals surface area (Å²) >= 11 is 0. The Balaban J connectivity index is 3.57. The quantitative estimate of drug-likeness (QED) is 0.566. The van der Waals surface area contributed by atoms with Crippen LogP contribution in [-0.4, -0.2) is 25.5 Å². The standard InChI is InChI=1S/C8H13NO2/c1-3-4-8(10)7(9)5-6-11-2/h1,7H,4-6,9H2,2H3. The second kappa shape index (κ2) is 5.90. The zero-order valence-corrected chi connectivity index (χ0v) is 6.67. The number of methoxy groups -OCH3 is 1. The normalized spacial score (nSPS) is 12.1. The number of ketones is 1. The van der Waals surface area contributed by atoms with Crippen LogP contribution in [0.1, 0.15) is 12.8 Å². The Morgan fingerprint density at radius 1 is 1.82 bits per heavy atom. The van der Waals surface area contributed by atoms with E-state index in [2.05, 4.69) is 5.92 Å². The van der Waals surface area contributed by atoms with E-state index in [-0.39, 0.29) is 12.2 Å². The van der Waals surface area contributed by atoms with E-state index in [1.165, 1.54) is 0 Å². The van der Waals surface area contributed by atoms with Crippen molar-refractivity contribution in [1.82, 2.24) is 0 Å². The second-order valence-corrected chi connectivity index (χ2v) is 2.24. The van der Waals surface area contributed by atoms with Crippen LogP contribution in [0, 0.1) is 12.3 Å². The third-order valence-electron chi connectivity index (χ3n) is 1.32. The molecule has 0 spiro atoms. The van der Waals surface area contributed by atoms with E-state index < -0.39 is 6.04 Å². The van der Waals surface area contributed by atoms with Crippen molar-refractivity contribution in [1.29, 1.82) is 0 Å². The Hall–Kier alpha value is -0.850. The number of terminal acetylenes is 1. The molecule has 3 nitrogen and oxygen atoms in total. The third kappa shape index (κ3) is 4.54. The monoisotopic (exact) mass is 155 g/mol.